The first-order valence-electron chi connectivity index (χ1n) is 8.86. The first-order valence-corrected chi connectivity index (χ1v) is 8.86. The molecule has 2 aliphatic rings. The topological polar surface area (TPSA) is 0 Å². The number of rotatable bonds is 5. The molecule has 2 rings (SSSR count). The fourth-order valence-corrected chi connectivity index (χ4v) is 4.44. The molecule has 0 heterocycles. The molecule has 0 spiro atoms. The normalized spacial score (nSPS) is 34.0. The van der Waals surface area contributed by atoms with Crippen LogP contribution in [0.5, 0.6) is 0 Å². The lowest BCUT2D eigenvalue weighted by molar-refractivity contribution is 0.153. The van der Waals surface area contributed by atoms with Gasteiger partial charge in [0.2, 0.25) is 0 Å². The number of allylic oxidation sites excluding steroid dienone is 1. The zero-order valence-corrected chi connectivity index (χ0v) is 13.4. The summed E-state index contributed by atoms with van der Waals surface area (Å²) in [6, 6.07) is 0. The third-order valence-electron chi connectivity index (χ3n) is 5.70. The van der Waals surface area contributed by atoms with Gasteiger partial charge in [-0.05, 0) is 76.0 Å². The molecule has 2 fully saturated rings. The van der Waals surface area contributed by atoms with Gasteiger partial charge in [0.1, 0.15) is 0 Å². The third kappa shape index (κ3) is 4.69. The lowest BCUT2D eigenvalue weighted by Crippen LogP contribution is -2.25. The Morgan fingerprint density at radius 1 is 0.950 bits per heavy atom. The van der Waals surface area contributed by atoms with Crippen molar-refractivity contribution < 1.29 is 0 Å². The van der Waals surface area contributed by atoms with E-state index in [1.165, 1.54) is 70.6 Å². The van der Waals surface area contributed by atoms with E-state index in [1.54, 1.807) is 0 Å². The highest BCUT2D eigenvalue weighted by atomic mass is 14.3. The summed E-state index contributed by atoms with van der Waals surface area (Å²) in [5.41, 5.74) is 0. The molecule has 0 saturated heterocycles. The van der Waals surface area contributed by atoms with Gasteiger partial charge in [0.05, 0.1) is 0 Å². The van der Waals surface area contributed by atoms with E-state index in [0.717, 1.165) is 17.8 Å². The highest BCUT2D eigenvalue weighted by molar-refractivity contribution is 5.02. The summed E-state index contributed by atoms with van der Waals surface area (Å²) in [6.45, 7) is 5.81. The Bertz CT molecular complexity index is 327. The minimum atomic E-state index is 0.714. The van der Waals surface area contributed by atoms with E-state index >= 15 is 0 Å². The van der Waals surface area contributed by atoms with Gasteiger partial charge in [0, 0.05) is 5.92 Å². The van der Waals surface area contributed by atoms with Crippen molar-refractivity contribution in [3.63, 3.8) is 0 Å². The van der Waals surface area contributed by atoms with Crippen LogP contribution in [0.2, 0.25) is 0 Å². The third-order valence-corrected chi connectivity index (χ3v) is 5.70. The monoisotopic (exact) mass is 272 g/mol. The van der Waals surface area contributed by atoms with Crippen molar-refractivity contribution in [1.82, 2.24) is 0 Å². The van der Waals surface area contributed by atoms with Crippen molar-refractivity contribution in [1.29, 1.82) is 0 Å². The smallest absolute Gasteiger partial charge is 0.0203 e. The van der Waals surface area contributed by atoms with Crippen LogP contribution in [0.4, 0.5) is 0 Å². The maximum atomic E-state index is 3.83. The second kappa shape index (κ2) is 8.56. The van der Waals surface area contributed by atoms with E-state index in [2.05, 4.69) is 24.5 Å². The predicted octanol–water partition coefficient (Wildman–Crippen LogP) is 5.98. The van der Waals surface area contributed by atoms with Crippen molar-refractivity contribution in [3.8, 4) is 11.8 Å². The van der Waals surface area contributed by atoms with Crippen LogP contribution >= 0.6 is 0 Å². The molecule has 0 atom stereocenters. The summed E-state index contributed by atoms with van der Waals surface area (Å²) in [5.74, 6) is 10.3. The Labute approximate surface area is 126 Å². The molecule has 0 aliphatic heterocycles. The number of hydrogen-bond acceptors (Lipinski definition) is 0. The SMILES string of the molecule is C=CCCCC1CCC([C@H]2CC[C@H](C#CC)CC2)CC1. The lowest BCUT2D eigenvalue weighted by atomic mass is 9.69. The highest BCUT2D eigenvalue weighted by Gasteiger charge is 2.30. The molecule has 0 aromatic carbocycles. The minimum Gasteiger partial charge on any atom is -0.106 e. The van der Waals surface area contributed by atoms with Gasteiger partial charge in [0.25, 0.3) is 0 Å². The Balaban J connectivity index is 1.66. The van der Waals surface area contributed by atoms with Gasteiger partial charge < -0.3 is 0 Å². The second-order valence-electron chi connectivity index (χ2n) is 7.01. The molecule has 0 aromatic rings. The van der Waals surface area contributed by atoms with Crippen molar-refractivity contribution in [2.75, 3.05) is 0 Å². The van der Waals surface area contributed by atoms with Crippen LogP contribution in [0.3, 0.4) is 0 Å². The Kier molecular flexibility index (Phi) is 6.71. The molecular weight excluding hydrogens is 240 g/mol. The van der Waals surface area contributed by atoms with Crippen LogP contribution < -0.4 is 0 Å². The molecule has 0 N–H and O–H groups in total. The summed E-state index contributed by atoms with van der Waals surface area (Å²) < 4.78 is 0. The number of hydrogen-bond donors (Lipinski definition) is 0. The quantitative estimate of drug-likeness (QED) is 0.328. The van der Waals surface area contributed by atoms with Gasteiger partial charge in [0.15, 0.2) is 0 Å². The van der Waals surface area contributed by atoms with Gasteiger partial charge in [-0.15, -0.1) is 18.4 Å². The Hall–Kier alpha value is -0.700. The fourth-order valence-electron chi connectivity index (χ4n) is 4.44. The Morgan fingerprint density at radius 2 is 1.55 bits per heavy atom. The lowest BCUT2D eigenvalue weighted by Gasteiger charge is -2.37. The van der Waals surface area contributed by atoms with Crippen LogP contribution in [0, 0.1) is 35.5 Å². The molecule has 2 saturated carbocycles. The molecule has 0 amide bonds. The van der Waals surface area contributed by atoms with E-state index in [4.69, 9.17) is 0 Å². The standard InChI is InChI=1S/C20H32/c1-3-5-6-8-18-11-15-20(16-12-18)19-13-9-17(7-4-2)10-14-19/h3,17-20H,1,5-6,8-16H2,2H3/t17-,18?,19-,20?. The Morgan fingerprint density at radius 3 is 2.10 bits per heavy atom. The van der Waals surface area contributed by atoms with Gasteiger partial charge in [-0.2, -0.15) is 0 Å². The fraction of sp³-hybridized carbons (Fsp3) is 0.800. The minimum absolute atomic E-state index is 0.714. The second-order valence-corrected chi connectivity index (χ2v) is 7.01. The van der Waals surface area contributed by atoms with E-state index in [-0.39, 0.29) is 0 Å². The van der Waals surface area contributed by atoms with Crippen molar-refractivity contribution in [2.24, 2.45) is 23.7 Å². The number of unbranched alkanes of at least 4 members (excludes halogenated alkanes) is 1. The van der Waals surface area contributed by atoms with Gasteiger partial charge in [-0.1, -0.05) is 25.3 Å². The zero-order chi connectivity index (χ0) is 14.2. The van der Waals surface area contributed by atoms with Crippen LogP contribution in [-0.2, 0) is 0 Å². The predicted molar refractivity (Wildman–Crippen MR) is 88.4 cm³/mol. The van der Waals surface area contributed by atoms with E-state index < -0.39 is 0 Å². The van der Waals surface area contributed by atoms with E-state index in [1.807, 2.05) is 6.92 Å². The first-order chi connectivity index (χ1) is 9.83. The average molecular weight is 272 g/mol. The van der Waals surface area contributed by atoms with Crippen LogP contribution in [0.1, 0.15) is 77.6 Å². The van der Waals surface area contributed by atoms with Gasteiger partial charge in [-0.25, -0.2) is 0 Å². The van der Waals surface area contributed by atoms with Crippen LogP contribution in [0.15, 0.2) is 12.7 Å². The molecule has 0 aromatic heterocycles. The van der Waals surface area contributed by atoms with Crippen LogP contribution in [-0.4, -0.2) is 0 Å². The molecule has 0 nitrogen and oxygen atoms in total. The molecule has 20 heavy (non-hydrogen) atoms. The van der Waals surface area contributed by atoms with Crippen molar-refractivity contribution in [3.05, 3.63) is 12.7 Å². The molecule has 112 valence electrons. The van der Waals surface area contributed by atoms with Crippen molar-refractivity contribution in [2.45, 2.75) is 77.6 Å². The molecule has 0 unspecified atom stereocenters. The van der Waals surface area contributed by atoms with Gasteiger partial charge >= 0.3 is 0 Å². The molecule has 2 aliphatic carbocycles. The van der Waals surface area contributed by atoms with E-state index in [0.29, 0.717) is 5.92 Å². The maximum absolute atomic E-state index is 3.83. The molecule has 0 radical (unpaired) electrons. The molecule has 0 heteroatoms. The molecule has 0 bridgehead atoms. The van der Waals surface area contributed by atoms with Crippen LogP contribution in [0.25, 0.3) is 0 Å². The van der Waals surface area contributed by atoms with Crippen molar-refractivity contribution >= 4 is 0 Å². The summed E-state index contributed by atoms with van der Waals surface area (Å²) in [4.78, 5) is 0. The summed E-state index contributed by atoms with van der Waals surface area (Å²) in [6.07, 6.45) is 17.7. The summed E-state index contributed by atoms with van der Waals surface area (Å²) in [7, 11) is 0. The highest BCUT2D eigenvalue weighted by Crippen LogP contribution is 2.42. The maximum Gasteiger partial charge on any atom is 0.0203 e. The molecular formula is C20H32. The first kappa shape index (κ1) is 15.7. The average Bonchev–Trinajstić information content (AvgIpc) is 2.49. The summed E-state index contributed by atoms with van der Waals surface area (Å²) in [5, 5.41) is 0. The zero-order valence-electron chi connectivity index (χ0n) is 13.4. The largest absolute Gasteiger partial charge is 0.106 e. The van der Waals surface area contributed by atoms with Gasteiger partial charge in [-0.3, -0.25) is 0 Å². The van der Waals surface area contributed by atoms with E-state index in [9.17, 15) is 0 Å². The summed E-state index contributed by atoms with van der Waals surface area (Å²) >= 11 is 0.